The first-order valence-corrected chi connectivity index (χ1v) is 9.37. The number of benzene rings is 1. The lowest BCUT2D eigenvalue weighted by Crippen LogP contribution is -2.31. The van der Waals surface area contributed by atoms with E-state index in [1.54, 1.807) is 30.3 Å². The molecular formula is C21H18ClN3O3. The van der Waals surface area contributed by atoms with Crippen LogP contribution in [0.15, 0.2) is 48.5 Å². The summed E-state index contributed by atoms with van der Waals surface area (Å²) in [5, 5.41) is 1.11. The molecule has 0 fully saturated rings. The van der Waals surface area contributed by atoms with Gasteiger partial charge in [-0.1, -0.05) is 43.6 Å². The van der Waals surface area contributed by atoms with Gasteiger partial charge in [0.1, 0.15) is 11.0 Å². The van der Waals surface area contributed by atoms with Gasteiger partial charge in [0.2, 0.25) is 6.23 Å². The van der Waals surface area contributed by atoms with E-state index < -0.39 is 6.23 Å². The zero-order valence-electron chi connectivity index (χ0n) is 15.4. The number of esters is 1. The van der Waals surface area contributed by atoms with Crippen molar-refractivity contribution in [3.8, 4) is 0 Å². The van der Waals surface area contributed by atoms with Crippen molar-refractivity contribution in [3.63, 3.8) is 0 Å². The molecule has 142 valence electrons. The zero-order chi connectivity index (χ0) is 19.8. The molecule has 0 aliphatic carbocycles. The van der Waals surface area contributed by atoms with Crippen molar-refractivity contribution < 1.29 is 14.3 Å². The van der Waals surface area contributed by atoms with Gasteiger partial charge in [-0.05, 0) is 36.2 Å². The van der Waals surface area contributed by atoms with E-state index in [1.807, 2.05) is 32.0 Å². The Morgan fingerprint density at radius 3 is 2.68 bits per heavy atom. The van der Waals surface area contributed by atoms with E-state index in [0.717, 1.165) is 5.39 Å². The molecule has 4 rings (SSSR count). The molecule has 7 heteroatoms. The Bertz CT molecular complexity index is 1080. The molecule has 1 unspecified atom stereocenters. The van der Waals surface area contributed by atoms with Gasteiger partial charge in [0.15, 0.2) is 5.65 Å². The minimum absolute atomic E-state index is 0.151. The second kappa shape index (κ2) is 7.20. The maximum Gasteiger partial charge on any atom is 0.308 e. The number of aromatic nitrogens is 2. The van der Waals surface area contributed by atoms with Crippen molar-refractivity contribution in [2.45, 2.75) is 26.5 Å². The van der Waals surface area contributed by atoms with E-state index in [-0.39, 0.29) is 24.2 Å². The third-order valence-corrected chi connectivity index (χ3v) is 4.69. The van der Waals surface area contributed by atoms with E-state index in [4.69, 9.17) is 16.3 Å². The number of carbonyl (C=O) groups is 2. The van der Waals surface area contributed by atoms with Gasteiger partial charge in [-0.3, -0.25) is 14.5 Å². The van der Waals surface area contributed by atoms with Crippen LogP contribution in [-0.4, -0.2) is 21.8 Å². The van der Waals surface area contributed by atoms with E-state index >= 15 is 0 Å². The minimum atomic E-state index is -0.862. The van der Waals surface area contributed by atoms with Crippen molar-refractivity contribution in [3.05, 3.63) is 64.8 Å². The Kier molecular flexibility index (Phi) is 4.73. The third kappa shape index (κ3) is 3.31. The van der Waals surface area contributed by atoms with Crippen LogP contribution in [0.3, 0.4) is 0 Å². The highest BCUT2D eigenvalue weighted by Gasteiger charge is 2.41. The van der Waals surface area contributed by atoms with Crippen LogP contribution in [0.2, 0.25) is 5.15 Å². The maximum atomic E-state index is 13.1. The summed E-state index contributed by atoms with van der Waals surface area (Å²) in [6.45, 7) is 3.88. The maximum absolute atomic E-state index is 13.1. The Labute approximate surface area is 167 Å². The summed E-state index contributed by atoms with van der Waals surface area (Å²) < 4.78 is 5.70. The fourth-order valence-corrected chi connectivity index (χ4v) is 3.37. The normalized spacial score (nSPS) is 15.9. The summed E-state index contributed by atoms with van der Waals surface area (Å²) in [6.07, 6.45) is -0.595. The van der Waals surface area contributed by atoms with Gasteiger partial charge in [0.25, 0.3) is 5.91 Å². The Morgan fingerprint density at radius 1 is 1.14 bits per heavy atom. The first-order valence-electron chi connectivity index (χ1n) is 8.99. The third-order valence-electron chi connectivity index (χ3n) is 4.48. The van der Waals surface area contributed by atoms with Crippen LogP contribution in [0.4, 0.5) is 5.82 Å². The summed E-state index contributed by atoms with van der Waals surface area (Å²) in [6, 6.07) is 14.1. The molecule has 0 saturated heterocycles. The number of nitrogens with zero attached hydrogens (tertiary/aromatic N) is 3. The first-order chi connectivity index (χ1) is 13.4. The molecule has 0 radical (unpaired) electrons. The van der Waals surface area contributed by atoms with Gasteiger partial charge in [-0.25, -0.2) is 9.97 Å². The number of halogens is 1. The van der Waals surface area contributed by atoms with Crippen molar-refractivity contribution in [1.29, 1.82) is 0 Å². The number of fused-ring (bicyclic) bond motifs is 2. The van der Waals surface area contributed by atoms with Gasteiger partial charge in [-0.2, -0.15) is 0 Å². The fraction of sp³-hybridized carbons (Fsp3) is 0.238. The number of amides is 1. The highest BCUT2D eigenvalue weighted by Crippen LogP contribution is 2.38. The number of carbonyl (C=O) groups excluding carboxylic acids is 2. The molecule has 3 heterocycles. The largest absolute Gasteiger partial charge is 0.437 e. The summed E-state index contributed by atoms with van der Waals surface area (Å²) >= 11 is 5.98. The predicted molar refractivity (Wildman–Crippen MR) is 106 cm³/mol. The number of hydrogen-bond acceptors (Lipinski definition) is 5. The lowest BCUT2D eigenvalue weighted by molar-refractivity contribution is -0.149. The predicted octanol–water partition coefficient (Wildman–Crippen LogP) is 4.53. The number of anilines is 1. The van der Waals surface area contributed by atoms with Gasteiger partial charge < -0.3 is 4.74 Å². The lowest BCUT2D eigenvalue weighted by Gasteiger charge is -2.24. The van der Waals surface area contributed by atoms with Gasteiger partial charge >= 0.3 is 5.97 Å². The van der Waals surface area contributed by atoms with Crippen LogP contribution in [0.5, 0.6) is 0 Å². The van der Waals surface area contributed by atoms with Gasteiger partial charge in [-0.15, -0.1) is 0 Å². The quantitative estimate of drug-likeness (QED) is 0.479. The first kappa shape index (κ1) is 18.4. The number of ether oxygens (including phenoxy) is 1. The van der Waals surface area contributed by atoms with E-state index in [2.05, 4.69) is 9.97 Å². The van der Waals surface area contributed by atoms with E-state index in [0.29, 0.717) is 27.7 Å². The fourth-order valence-electron chi connectivity index (χ4n) is 3.23. The number of pyridine rings is 2. The number of rotatable bonds is 4. The second-order valence-corrected chi connectivity index (χ2v) is 7.44. The van der Waals surface area contributed by atoms with Crippen molar-refractivity contribution in [2.75, 3.05) is 4.90 Å². The molecule has 0 bridgehead atoms. The summed E-state index contributed by atoms with van der Waals surface area (Å²) in [7, 11) is 0. The highest BCUT2D eigenvalue weighted by atomic mass is 35.5. The lowest BCUT2D eigenvalue weighted by atomic mass is 10.1. The van der Waals surface area contributed by atoms with Crippen molar-refractivity contribution in [2.24, 2.45) is 5.92 Å². The monoisotopic (exact) mass is 395 g/mol. The average Bonchev–Trinajstić information content (AvgIpc) is 2.92. The molecule has 1 aliphatic rings. The van der Waals surface area contributed by atoms with Crippen LogP contribution in [0, 0.1) is 5.92 Å². The topological polar surface area (TPSA) is 72.4 Å². The van der Waals surface area contributed by atoms with Crippen LogP contribution < -0.4 is 4.90 Å². The molecule has 0 N–H and O–H groups in total. The van der Waals surface area contributed by atoms with Gasteiger partial charge in [0.05, 0.1) is 0 Å². The standard InChI is InChI=1S/C21H18ClN3O3/c1-12(2)11-18(26)28-21-15-6-4-3-5-14(15)20(27)25(21)17-10-8-13-7-9-16(22)23-19(13)24-17/h3-10,12,21H,11H2,1-2H3. The molecule has 28 heavy (non-hydrogen) atoms. The van der Waals surface area contributed by atoms with E-state index in [1.165, 1.54) is 4.90 Å². The van der Waals surface area contributed by atoms with Crippen LogP contribution >= 0.6 is 11.6 Å². The molecule has 0 spiro atoms. The van der Waals surface area contributed by atoms with Crippen molar-refractivity contribution >= 4 is 40.3 Å². The average molecular weight is 396 g/mol. The zero-order valence-corrected chi connectivity index (χ0v) is 16.2. The van der Waals surface area contributed by atoms with Crippen LogP contribution in [0.1, 0.15) is 42.4 Å². The molecule has 3 aromatic rings. The molecule has 0 saturated carbocycles. The second-order valence-electron chi connectivity index (χ2n) is 7.05. The van der Waals surface area contributed by atoms with Crippen molar-refractivity contribution in [1.82, 2.24) is 9.97 Å². The molecule has 6 nitrogen and oxygen atoms in total. The summed E-state index contributed by atoms with van der Waals surface area (Å²) in [5.74, 6) is -0.132. The Morgan fingerprint density at radius 2 is 1.89 bits per heavy atom. The van der Waals surface area contributed by atoms with Crippen LogP contribution in [-0.2, 0) is 9.53 Å². The Hall–Kier alpha value is -2.99. The molecule has 1 amide bonds. The Balaban J connectivity index is 1.77. The summed E-state index contributed by atoms with van der Waals surface area (Å²) in [5.41, 5.74) is 1.55. The molecule has 1 atom stereocenters. The molecule has 2 aromatic heterocycles. The number of hydrogen-bond donors (Lipinski definition) is 0. The minimum Gasteiger partial charge on any atom is -0.437 e. The summed E-state index contributed by atoms with van der Waals surface area (Å²) in [4.78, 5) is 35.5. The van der Waals surface area contributed by atoms with E-state index in [9.17, 15) is 9.59 Å². The smallest absolute Gasteiger partial charge is 0.308 e. The van der Waals surface area contributed by atoms with Crippen LogP contribution in [0.25, 0.3) is 11.0 Å². The van der Waals surface area contributed by atoms with Gasteiger partial charge in [0, 0.05) is 22.9 Å². The molecular weight excluding hydrogens is 378 g/mol. The SMILES string of the molecule is CC(C)CC(=O)OC1c2ccccc2C(=O)N1c1ccc2ccc(Cl)nc2n1. The molecule has 1 aromatic carbocycles. The highest BCUT2D eigenvalue weighted by molar-refractivity contribution is 6.29. The molecule has 1 aliphatic heterocycles.